The smallest absolute Gasteiger partial charge is 0.461 e. The van der Waals surface area contributed by atoms with Crippen LogP contribution in [-0.2, 0) is 3.79 Å². The van der Waals surface area contributed by atoms with Crippen LogP contribution < -0.4 is 0 Å². The Morgan fingerprint density at radius 2 is 1.62 bits per heavy atom. The predicted molar refractivity (Wildman–Crippen MR) is 61.2 cm³/mol. The van der Waals surface area contributed by atoms with Gasteiger partial charge >= 0.3 is 14.5 Å². The monoisotopic (exact) mass is 198 g/mol. The van der Waals surface area contributed by atoms with Gasteiger partial charge in [-0.15, -0.1) is 6.58 Å². The van der Waals surface area contributed by atoms with Crippen molar-refractivity contribution < 1.29 is 3.79 Å². The fraction of sp³-hybridized carbons (Fsp3) is 0.818. The highest BCUT2D eigenvalue weighted by Crippen LogP contribution is 2.15. The molecule has 0 heterocycles. The summed E-state index contributed by atoms with van der Waals surface area (Å²) in [5.41, 5.74) is 0. The van der Waals surface area contributed by atoms with E-state index in [-0.39, 0.29) is 0 Å². The second-order valence-corrected chi connectivity index (χ2v) is 7.02. The molecule has 0 aromatic carbocycles. The zero-order chi connectivity index (χ0) is 10.3. The fourth-order valence-electron chi connectivity index (χ4n) is 1.49. The lowest BCUT2D eigenvalue weighted by molar-refractivity contribution is 0.354. The molecule has 0 fully saturated rings. The van der Waals surface area contributed by atoms with Crippen molar-refractivity contribution in [3.05, 3.63) is 12.7 Å². The maximum absolute atomic E-state index is 5.83. The summed E-state index contributed by atoms with van der Waals surface area (Å²) in [4.78, 5) is 0. The molecule has 0 aliphatic heterocycles. The van der Waals surface area contributed by atoms with Crippen molar-refractivity contribution in [3.8, 4) is 0 Å². The van der Waals surface area contributed by atoms with E-state index in [1.807, 2.05) is 6.08 Å². The molecule has 0 aliphatic rings. The molecule has 0 amide bonds. The quantitative estimate of drug-likeness (QED) is 0.449. The average molecular weight is 198 g/mol. The van der Waals surface area contributed by atoms with Gasteiger partial charge in [0.2, 0.25) is 0 Å². The van der Waals surface area contributed by atoms with Crippen molar-refractivity contribution in [2.75, 3.05) is 6.61 Å². The third kappa shape index (κ3) is 8.56. The second kappa shape index (κ2) is 7.62. The standard InChI is InChI=1S/2C4H9.C3H5O.Al/c2*1-4(2)3;1-2-3-4;/h2*4H,1H2,2-3H3;2H,1,3H2;/q;;-1;+1. The Kier molecular flexibility index (Phi) is 7.76. The SMILES string of the molecule is C=CC[O][Al]([CH2]C(C)C)[CH2]C(C)C. The number of hydrogen-bond acceptors (Lipinski definition) is 1. The maximum atomic E-state index is 5.83. The minimum atomic E-state index is -0.938. The van der Waals surface area contributed by atoms with Crippen molar-refractivity contribution in [1.29, 1.82) is 0 Å². The number of rotatable bonds is 7. The minimum absolute atomic E-state index is 0.746. The van der Waals surface area contributed by atoms with Crippen LogP contribution in [0.2, 0.25) is 10.6 Å². The summed E-state index contributed by atoms with van der Waals surface area (Å²) < 4.78 is 5.83. The summed E-state index contributed by atoms with van der Waals surface area (Å²) in [6, 6.07) is 0. The topological polar surface area (TPSA) is 9.23 Å². The molecule has 0 spiro atoms. The Labute approximate surface area is 87.9 Å². The van der Waals surface area contributed by atoms with Crippen LogP contribution in [0.3, 0.4) is 0 Å². The van der Waals surface area contributed by atoms with Crippen molar-refractivity contribution in [3.63, 3.8) is 0 Å². The van der Waals surface area contributed by atoms with Gasteiger partial charge in [-0.05, 0) is 0 Å². The van der Waals surface area contributed by atoms with Crippen LogP contribution >= 0.6 is 0 Å². The largest absolute Gasteiger partial charge is 0.498 e. The van der Waals surface area contributed by atoms with E-state index in [1.165, 1.54) is 10.6 Å². The van der Waals surface area contributed by atoms with Crippen LogP contribution in [0.1, 0.15) is 27.7 Å². The van der Waals surface area contributed by atoms with Gasteiger partial charge in [-0.3, -0.25) is 0 Å². The summed E-state index contributed by atoms with van der Waals surface area (Å²) in [5, 5.41) is 2.60. The molecule has 0 radical (unpaired) electrons. The maximum Gasteiger partial charge on any atom is 0.461 e. The highest BCUT2D eigenvalue weighted by atomic mass is 27.2. The molecule has 0 atom stereocenters. The first-order valence-corrected chi connectivity index (χ1v) is 7.39. The Morgan fingerprint density at radius 1 is 1.15 bits per heavy atom. The van der Waals surface area contributed by atoms with E-state index in [1.54, 1.807) is 0 Å². The van der Waals surface area contributed by atoms with Gasteiger partial charge in [-0.1, -0.05) is 56.2 Å². The van der Waals surface area contributed by atoms with Gasteiger partial charge in [-0.25, -0.2) is 0 Å². The first-order valence-electron chi connectivity index (χ1n) is 5.28. The first kappa shape index (κ1) is 13.2. The molecule has 1 nitrogen and oxygen atoms in total. The van der Waals surface area contributed by atoms with Gasteiger partial charge in [0.25, 0.3) is 0 Å². The third-order valence-electron chi connectivity index (χ3n) is 1.92. The van der Waals surface area contributed by atoms with Crippen molar-refractivity contribution in [1.82, 2.24) is 0 Å². The second-order valence-electron chi connectivity index (χ2n) is 4.50. The molecule has 2 heteroatoms. The van der Waals surface area contributed by atoms with E-state index in [9.17, 15) is 0 Å². The third-order valence-corrected chi connectivity index (χ3v) is 5.52. The Bertz CT molecular complexity index is 122. The molecule has 0 saturated heterocycles. The van der Waals surface area contributed by atoms with Crippen LogP contribution in [-0.4, -0.2) is 21.1 Å². The van der Waals surface area contributed by atoms with Gasteiger partial charge in [0.05, 0.1) is 0 Å². The molecule has 76 valence electrons. The summed E-state index contributed by atoms with van der Waals surface area (Å²) in [7, 11) is 0. The van der Waals surface area contributed by atoms with Crippen molar-refractivity contribution in [2.24, 2.45) is 11.8 Å². The lowest BCUT2D eigenvalue weighted by Crippen LogP contribution is -2.22. The van der Waals surface area contributed by atoms with Gasteiger partial charge < -0.3 is 3.79 Å². The summed E-state index contributed by atoms with van der Waals surface area (Å²) >= 11 is -0.938. The molecule has 0 N–H and O–H groups in total. The molecular formula is C11H23AlO. The zero-order valence-electron chi connectivity index (χ0n) is 9.55. The van der Waals surface area contributed by atoms with Crippen molar-refractivity contribution in [2.45, 2.75) is 38.3 Å². The molecule has 0 unspecified atom stereocenters. The summed E-state index contributed by atoms with van der Waals surface area (Å²) in [6.07, 6.45) is 1.86. The lowest BCUT2D eigenvalue weighted by Gasteiger charge is -2.15. The summed E-state index contributed by atoms with van der Waals surface area (Å²) in [6.45, 7) is 13.5. The van der Waals surface area contributed by atoms with E-state index >= 15 is 0 Å². The molecule has 0 aromatic heterocycles. The average Bonchev–Trinajstić information content (AvgIpc) is 1.98. The highest BCUT2D eigenvalue weighted by molar-refractivity contribution is 6.51. The van der Waals surface area contributed by atoms with E-state index in [0.29, 0.717) is 0 Å². The normalized spacial score (nSPS) is 10.9. The van der Waals surface area contributed by atoms with Gasteiger partial charge in [0, 0.05) is 6.61 Å². The van der Waals surface area contributed by atoms with Crippen LogP contribution in [0.5, 0.6) is 0 Å². The highest BCUT2D eigenvalue weighted by Gasteiger charge is 2.22. The van der Waals surface area contributed by atoms with E-state index in [4.69, 9.17) is 3.79 Å². The first-order chi connectivity index (χ1) is 6.06. The molecule has 0 bridgehead atoms. The molecule has 13 heavy (non-hydrogen) atoms. The Morgan fingerprint density at radius 3 is 1.92 bits per heavy atom. The fourth-order valence-corrected chi connectivity index (χ4v) is 4.46. The predicted octanol–water partition coefficient (Wildman–Crippen LogP) is 3.49. The Balaban J connectivity index is 3.79. The van der Waals surface area contributed by atoms with E-state index < -0.39 is 14.5 Å². The van der Waals surface area contributed by atoms with Crippen LogP contribution in [0.4, 0.5) is 0 Å². The zero-order valence-corrected chi connectivity index (χ0v) is 10.7. The summed E-state index contributed by atoms with van der Waals surface area (Å²) in [5.74, 6) is 1.56. The minimum Gasteiger partial charge on any atom is -0.498 e. The molecule has 0 aliphatic carbocycles. The molecule has 0 saturated carbocycles. The van der Waals surface area contributed by atoms with Crippen molar-refractivity contribution >= 4 is 14.5 Å². The number of hydrogen-bond donors (Lipinski definition) is 0. The van der Waals surface area contributed by atoms with E-state index in [0.717, 1.165) is 18.4 Å². The van der Waals surface area contributed by atoms with Crippen LogP contribution in [0.25, 0.3) is 0 Å². The van der Waals surface area contributed by atoms with Crippen LogP contribution in [0.15, 0.2) is 12.7 Å². The van der Waals surface area contributed by atoms with Gasteiger partial charge in [0.15, 0.2) is 0 Å². The lowest BCUT2D eigenvalue weighted by atomic mass is 10.3. The van der Waals surface area contributed by atoms with E-state index in [2.05, 4.69) is 34.3 Å². The molecule has 0 aromatic rings. The van der Waals surface area contributed by atoms with Gasteiger partial charge in [-0.2, -0.15) is 0 Å². The molecule has 0 rings (SSSR count). The molecular weight excluding hydrogens is 175 g/mol. The van der Waals surface area contributed by atoms with Gasteiger partial charge in [0.1, 0.15) is 0 Å². The Hall–Kier alpha value is 0.232. The van der Waals surface area contributed by atoms with Crippen LogP contribution in [0, 0.1) is 11.8 Å².